The van der Waals surface area contributed by atoms with E-state index < -0.39 is 0 Å². The second-order valence-corrected chi connectivity index (χ2v) is 7.81. The summed E-state index contributed by atoms with van der Waals surface area (Å²) in [5.41, 5.74) is 1.17. The first-order valence-electron chi connectivity index (χ1n) is 9.62. The highest BCUT2D eigenvalue weighted by atomic mass is 19.1. The summed E-state index contributed by atoms with van der Waals surface area (Å²) in [7, 11) is 0. The molecule has 144 valence electrons. The van der Waals surface area contributed by atoms with Crippen LogP contribution in [0.3, 0.4) is 0 Å². The molecule has 6 heteroatoms. The van der Waals surface area contributed by atoms with Gasteiger partial charge in [-0.1, -0.05) is 13.8 Å². The van der Waals surface area contributed by atoms with Gasteiger partial charge < -0.3 is 14.7 Å². The number of likely N-dealkylation sites (tertiary alicyclic amines) is 1. The molecule has 0 radical (unpaired) electrons. The molecule has 2 aliphatic heterocycles. The van der Waals surface area contributed by atoms with Crippen LogP contribution in [0, 0.1) is 29.0 Å². The van der Waals surface area contributed by atoms with Gasteiger partial charge in [0.1, 0.15) is 17.5 Å². The number of hydrogen-bond donors (Lipinski definition) is 0. The third-order valence-electron chi connectivity index (χ3n) is 5.32. The monoisotopic (exact) mass is 370 g/mol. The summed E-state index contributed by atoms with van der Waals surface area (Å²) in [6, 6.07) is 8.51. The predicted molar refractivity (Wildman–Crippen MR) is 103 cm³/mol. The molecule has 2 fully saturated rings. The number of carbonyl (C=O) groups is 1. The van der Waals surface area contributed by atoms with Crippen molar-refractivity contribution < 1.29 is 9.18 Å². The second kappa shape index (κ2) is 8.43. The number of rotatable bonds is 3. The molecule has 1 amide bonds. The second-order valence-electron chi connectivity index (χ2n) is 7.81. The molecule has 2 saturated heterocycles. The molecule has 2 unspecified atom stereocenters. The van der Waals surface area contributed by atoms with E-state index in [4.69, 9.17) is 0 Å². The van der Waals surface area contributed by atoms with Crippen LogP contribution in [0.4, 0.5) is 10.1 Å². The van der Waals surface area contributed by atoms with Crippen LogP contribution in [0.2, 0.25) is 0 Å². The van der Waals surface area contributed by atoms with E-state index in [9.17, 15) is 14.4 Å². The molecule has 0 bridgehead atoms. The van der Waals surface area contributed by atoms with Gasteiger partial charge in [-0.15, -0.1) is 0 Å². The Bertz CT molecular complexity index is 722. The van der Waals surface area contributed by atoms with Crippen molar-refractivity contribution in [2.24, 2.45) is 11.8 Å². The van der Waals surface area contributed by atoms with Crippen molar-refractivity contribution >= 4 is 11.6 Å². The van der Waals surface area contributed by atoms with E-state index in [0.717, 1.165) is 18.8 Å². The topological polar surface area (TPSA) is 50.6 Å². The minimum absolute atomic E-state index is 0.192. The normalized spacial score (nSPS) is 23.9. The molecule has 2 atom stereocenters. The number of nitrogens with zero attached hydrogens (tertiary/aromatic N) is 4. The summed E-state index contributed by atoms with van der Waals surface area (Å²) in [5, 5.41) is 9.51. The number of anilines is 1. The lowest BCUT2D eigenvalue weighted by atomic mass is 9.92. The molecule has 5 nitrogen and oxygen atoms in total. The van der Waals surface area contributed by atoms with E-state index in [1.165, 1.54) is 18.6 Å². The summed E-state index contributed by atoms with van der Waals surface area (Å²) in [4.78, 5) is 18.8. The highest BCUT2D eigenvalue weighted by Gasteiger charge is 2.26. The van der Waals surface area contributed by atoms with Crippen molar-refractivity contribution in [2.75, 3.05) is 44.2 Å². The minimum atomic E-state index is -0.252. The van der Waals surface area contributed by atoms with Crippen LogP contribution in [0.15, 0.2) is 36.0 Å². The lowest BCUT2D eigenvalue weighted by Gasteiger charge is -2.37. The number of piperazine rings is 1. The predicted octanol–water partition coefficient (Wildman–Crippen LogP) is 2.86. The van der Waals surface area contributed by atoms with Crippen LogP contribution in [0.1, 0.15) is 20.3 Å². The molecular weight excluding hydrogens is 343 g/mol. The van der Waals surface area contributed by atoms with Crippen LogP contribution in [-0.2, 0) is 4.79 Å². The van der Waals surface area contributed by atoms with Gasteiger partial charge in [0, 0.05) is 51.2 Å². The number of piperidine rings is 1. The van der Waals surface area contributed by atoms with E-state index in [2.05, 4.69) is 29.7 Å². The molecule has 0 spiro atoms. The Morgan fingerprint density at radius 2 is 1.70 bits per heavy atom. The number of carbonyl (C=O) groups excluding carboxylic acids is 1. The van der Waals surface area contributed by atoms with E-state index in [-0.39, 0.29) is 17.3 Å². The lowest BCUT2D eigenvalue weighted by molar-refractivity contribution is -0.127. The first-order valence-corrected chi connectivity index (χ1v) is 9.62. The van der Waals surface area contributed by atoms with Crippen molar-refractivity contribution in [3.05, 3.63) is 41.9 Å². The number of benzene rings is 1. The zero-order valence-corrected chi connectivity index (χ0v) is 16.1. The summed E-state index contributed by atoms with van der Waals surface area (Å²) in [6.45, 7) is 8.66. The quantitative estimate of drug-likeness (QED) is 0.606. The van der Waals surface area contributed by atoms with Gasteiger partial charge in [0.25, 0.3) is 5.91 Å². The fraction of sp³-hybridized carbons (Fsp3) is 0.524. The van der Waals surface area contributed by atoms with Gasteiger partial charge in [-0.25, -0.2) is 4.39 Å². The van der Waals surface area contributed by atoms with Crippen molar-refractivity contribution in [3.8, 4) is 6.07 Å². The summed E-state index contributed by atoms with van der Waals surface area (Å²) in [5.74, 6) is 0.693. The molecule has 27 heavy (non-hydrogen) atoms. The number of hydrogen-bond acceptors (Lipinski definition) is 4. The van der Waals surface area contributed by atoms with Crippen molar-refractivity contribution in [2.45, 2.75) is 20.3 Å². The Hall–Kier alpha value is -2.55. The van der Waals surface area contributed by atoms with Crippen molar-refractivity contribution in [1.82, 2.24) is 9.80 Å². The Balaban J connectivity index is 1.61. The first kappa shape index (κ1) is 19.2. The fourth-order valence-corrected chi connectivity index (χ4v) is 4.12. The molecule has 0 N–H and O–H groups in total. The van der Waals surface area contributed by atoms with Crippen molar-refractivity contribution in [3.63, 3.8) is 0 Å². The molecule has 2 heterocycles. The third-order valence-corrected chi connectivity index (χ3v) is 5.32. The molecule has 0 aromatic heterocycles. The summed E-state index contributed by atoms with van der Waals surface area (Å²) >= 11 is 0. The van der Waals surface area contributed by atoms with Crippen LogP contribution in [0.5, 0.6) is 0 Å². The summed E-state index contributed by atoms with van der Waals surface area (Å²) < 4.78 is 13.1. The molecule has 0 saturated carbocycles. The molecule has 1 aromatic carbocycles. The molecular formula is C21H27FN4O. The minimum Gasteiger partial charge on any atom is -0.376 e. The van der Waals surface area contributed by atoms with Gasteiger partial charge in [0.05, 0.1) is 0 Å². The lowest BCUT2D eigenvalue weighted by Crippen LogP contribution is -2.49. The Kier molecular flexibility index (Phi) is 6.00. The van der Waals surface area contributed by atoms with E-state index in [1.54, 1.807) is 23.2 Å². The average molecular weight is 370 g/mol. The molecule has 3 rings (SSSR count). The Morgan fingerprint density at radius 1 is 1.11 bits per heavy atom. The average Bonchev–Trinajstić information content (AvgIpc) is 2.65. The highest BCUT2D eigenvalue weighted by Crippen LogP contribution is 2.22. The largest absolute Gasteiger partial charge is 0.376 e. The Labute approximate surface area is 160 Å². The third kappa shape index (κ3) is 4.79. The van der Waals surface area contributed by atoms with Gasteiger partial charge >= 0.3 is 0 Å². The number of nitriles is 1. The van der Waals surface area contributed by atoms with Gasteiger partial charge in [0.15, 0.2) is 0 Å². The number of amides is 1. The zero-order valence-electron chi connectivity index (χ0n) is 16.1. The maximum Gasteiger partial charge on any atom is 0.266 e. The van der Waals surface area contributed by atoms with Gasteiger partial charge in [-0.2, -0.15) is 5.26 Å². The van der Waals surface area contributed by atoms with Crippen molar-refractivity contribution in [1.29, 1.82) is 5.26 Å². The van der Waals surface area contributed by atoms with Gasteiger partial charge in [-0.05, 0) is 42.5 Å². The maximum absolute atomic E-state index is 13.1. The molecule has 0 aliphatic carbocycles. The van der Waals surface area contributed by atoms with E-state index >= 15 is 0 Å². The SMILES string of the molecule is CC1CC(C)CN(/C=C(/C#N)C(=O)N2CCN(c3ccc(F)cc3)CC2)C1. The number of halogens is 1. The summed E-state index contributed by atoms with van der Waals surface area (Å²) in [6.07, 6.45) is 2.94. The van der Waals surface area contributed by atoms with E-state index in [0.29, 0.717) is 38.0 Å². The maximum atomic E-state index is 13.1. The zero-order chi connectivity index (χ0) is 19.4. The highest BCUT2D eigenvalue weighted by molar-refractivity contribution is 5.97. The fourth-order valence-electron chi connectivity index (χ4n) is 4.12. The van der Waals surface area contributed by atoms with Crippen LogP contribution in [0.25, 0.3) is 0 Å². The Morgan fingerprint density at radius 3 is 2.26 bits per heavy atom. The first-order chi connectivity index (χ1) is 13.0. The van der Waals surface area contributed by atoms with Gasteiger partial charge in [0.2, 0.25) is 0 Å². The molecule has 1 aromatic rings. The standard InChI is InChI=1S/C21H27FN4O/c1-16-11-17(2)14-24(13-16)15-18(12-23)21(27)26-9-7-25(8-10-26)20-5-3-19(22)4-6-20/h3-6,15-17H,7-11,13-14H2,1-2H3/b18-15-. The van der Waals surface area contributed by atoms with Gasteiger partial charge in [-0.3, -0.25) is 4.79 Å². The van der Waals surface area contributed by atoms with Crippen LogP contribution >= 0.6 is 0 Å². The smallest absolute Gasteiger partial charge is 0.266 e. The molecule has 2 aliphatic rings. The van der Waals surface area contributed by atoms with Crippen LogP contribution in [-0.4, -0.2) is 55.0 Å². The van der Waals surface area contributed by atoms with E-state index in [1.807, 2.05) is 0 Å². The van der Waals surface area contributed by atoms with Crippen LogP contribution < -0.4 is 4.90 Å².